The first-order valence-corrected chi connectivity index (χ1v) is 7.41. The van der Waals surface area contributed by atoms with Crippen molar-refractivity contribution in [2.45, 2.75) is 40.7 Å². The van der Waals surface area contributed by atoms with Gasteiger partial charge >= 0.3 is 0 Å². The van der Waals surface area contributed by atoms with Crippen molar-refractivity contribution >= 4 is 17.6 Å². The monoisotopic (exact) mass is 304 g/mol. The van der Waals surface area contributed by atoms with Crippen molar-refractivity contribution in [3.63, 3.8) is 0 Å². The molecule has 1 aromatic carbocycles. The topological polar surface area (TPSA) is 75.3 Å². The van der Waals surface area contributed by atoms with Crippen LogP contribution in [0.4, 0.5) is 0 Å². The maximum atomic E-state index is 12.0. The zero-order chi connectivity index (χ0) is 16.8. The second-order valence-electron chi connectivity index (χ2n) is 6.21. The van der Waals surface area contributed by atoms with Crippen molar-refractivity contribution in [1.29, 1.82) is 0 Å². The molecule has 0 atom stereocenters. The standard InChI is InChI=1S/C17H24N2O3/c1-5-14(20)11-18-15(21)13-8-6-7-12(9-13)10-19-16(22)17(2,3)4/h6-9H,5,10-11H2,1-4H3,(H,18,21)(H,19,22). The van der Waals surface area contributed by atoms with Crippen LogP contribution in [0.3, 0.4) is 0 Å². The average molecular weight is 304 g/mol. The lowest BCUT2D eigenvalue weighted by Gasteiger charge is -2.17. The number of carbonyl (C=O) groups is 3. The van der Waals surface area contributed by atoms with Gasteiger partial charge in [-0.1, -0.05) is 39.8 Å². The highest BCUT2D eigenvalue weighted by Gasteiger charge is 2.20. The van der Waals surface area contributed by atoms with Gasteiger partial charge in [0.2, 0.25) is 5.91 Å². The highest BCUT2D eigenvalue weighted by atomic mass is 16.2. The van der Waals surface area contributed by atoms with Crippen molar-refractivity contribution in [2.24, 2.45) is 5.41 Å². The molecule has 1 aromatic rings. The van der Waals surface area contributed by atoms with Gasteiger partial charge in [0.15, 0.2) is 5.78 Å². The van der Waals surface area contributed by atoms with Crippen LogP contribution >= 0.6 is 0 Å². The number of benzene rings is 1. The summed E-state index contributed by atoms with van der Waals surface area (Å²) in [7, 11) is 0. The van der Waals surface area contributed by atoms with Gasteiger partial charge in [-0.25, -0.2) is 0 Å². The molecule has 120 valence electrons. The van der Waals surface area contributed by atoms with Gasteiger partial charge in [-0.2, -0.15) is 0 Å². The summed E-state index contributed by atoms with van der Waals surface area (Å²) in [4.78, 5) is 35.0. The highest BCUT2D eigenvalue weighted by molar-refractivity contribution is 5.96. The molecule has 0 aliphatic carbocycles. The molecule has 0 saturated carbocycles. The molecule has 22 heavy (non-hydrogen) atoms. The third-order valence-corrected chi connectivity index (χ3v) is 3.16. The second kappa shape index (κ2) is 7.73. The Kier molecular flexibility index (Phi) is 6.28. The van der Waals surface area contributed by atoms with E-state index < -0.39 is 5.41 Å². The fourth-order valence-corrected chi connectivity index (χ4v) is 1.68. The van der Waals surface area contributed by atoms with E-state index in [1.54, 1.807) is 25.1 Å². The first-order chi connectivity index (χ1) is 10.2. The second-order valence-corrected chi connectivity index (χ2v) is 6.21. The molecule has 0 aliphatic rings. The van der Waals surface area contributed by atoms with Crippen LogP contribution in [0.25, 0.3) is 0 Å². The first-order valence-electron chi connectivity index (χ1n) is 7.41. The number of hydrogen-bond acceptors (Lipinski definition) is 3. The summed E-state index contributed by atoms with van der Waals surface area (Å²) in [5, 5.41) is 5.43. The van der Waals surface area contributed by atoms with Crippen LogP contribution < -0.4 is 10.6 Å². The van der Waals surface area contributed by atoms with Crippen LogP contribution in [0.1, 0.15) is 50.0 Å². The summed E-state index contributed by atoms with van der Waals surface area (Å²) in [6.07, 6.45) is 0.402. The molecule has 0 radical (unpaired) electrons. The summed E-state index contributed by atoms with van der Waals surface area (Å²) in [5.74, 6) is -0.344. The zero-order valence-corrected chi connectivity index (χ0v) is 13.7. The van der Waals surface area contributed by atoms with Gasteiger partial charge in [-0.3, -0.25) is 14.4 Å². The number of ketones is 1. The van der Waals surface area contributed by atoms with Gasteiger partial charge in [-0.05, 0) is 17.7 Å². The molecule has 0 aromatic heterocycles. The van der Waals surface area contributed by atoms with Crippen LogP contribution in [-0.4, -0.2) is 24.1 Å². The summed E-state index contributed by atoms with van der Waals surface area (Å²) < 4.78 is 0. The largest absolute Gasteiger partial charge is 0.352 e. The molecule has 0 saturated heterocycles. The number of Topliss-reactive ketones (excluding diaryl/α,β-unsaturated/α-hetero) is 1. The summed E-state index contributed by atoms with van der Waals surface area (Å²) >= 11 is 0. The van der Waals surface area contributed by atoms with Gasteiger partial charge in [0.1, 0.15) is 0 Å². The van der Waals surface area contributed by atoms with Gasteiger partial charge < -0.3 is 10.6 Å². The van der Waals surface area contributed by atoms with E-state index in [1.165, 1.54) is 0 Å². The Morgan fingerprint density at radius 3 is 2.36 bits per heavy atom. The molecule has 1 rings (SSSR count). The predicted octanol–water partition coefficient (Wildman–Crippen LogP) is 2.06. The molecular weight excluding hydrogens is 280 g/mol. The molecule has 0 spiro atoms. The van der Waals surface area contributed by atoms with E-state index >= 15 is 0 Å². The smallest absolute Gasteiger partial charge is 0.251 e. The molecule has 0 bridgehead atoms. The van der Waals surface area contributed by atoms with E-state index in [2.05, 4.69) is 10.6 Å². The Morgan fingerprint density at radius 1 is 1.09 bits per heavy atom. The van der Waals surface area contributed by atoms with Crippen LogP contribution in [0.2, 0.25) is 0 Å². The Labute approximate surface area is 131 Å². The molecule has 0 fully saturated rings. The minimum atomic E-state index is -0.449. The van der Waals surface area contributed by atoms with Crippen molar-refractivity contribution < 1.29 is 14.4 Å². The van der Waals surface area contributed by atoms with Gasteiger partial charge in [-0.15, -0.1) is 0 Å². The van der Waals surface area contributed by atoms with Crippen molar-refractivity contribution in [1.82, 2.24) is 10.6 Å². The van der Waals surface area contributed by atoms with E-state index in [-0.39, 0.29) is 24.1 Å². The number of amides is 2. The minimum absolute atomic E-state index is 0.0121. The molecule has 0 aliphatic heterocycles. The average Bonchev–Trinajstić information content (AvgIpc) is 2.49. The van der Waals surface area contributed by atoms with E-state index in [0.29, 0.717) is 18.5 Å². The summed E-state index contributed by atoms with van der Waals surface area (Å²) in [6.45, 7) is 7.70. The van der Waals surface area contributed by atoms with Gasteiger partial charge in [0.05, 0.1) is 6.54 Å². The summed E-state index contributed by atoms with van der Waals surface area (Å²) in [5.41, 5.74) is 0.869. The quantitative estimate of drug-likeness (QED) is 0.844. The molecule has 2 amide bonds. The van der Waals surface area contributed by atoms with Crippen LogP contribution in [0, 0.1) is 5.41 Å². The lowest BCUT2D eigenvalue weighted by molar-refractivity contribution is -0.128. The van der Waals surface area contributed by atoms with Crippen LogP contribution in [0.15, 0.2) is 24.3 Å². The van der Waals surface area contributed by atoms with E-state index in [4.69, 9.17) is 0 Å². The third kappa shape index (κ3) is 5.68. The van der Waals surface area contributed by atoms with E-state index in [9.17, 15) is 14.4 Å². The molecule has 0 unspecified atom stereocenters. The Hall–Kier alpha value is -2.17. The SMILES string of the molecule is CCC(=O)CNC(=O)c1cccc(CNC(=O)C(C)(C)C)c1. The third-order valence-electron chi connectivity index (χ3n) is 3.16. The maximum absolute atomic E-state index is 12.0. The van der Waals surface area contributed by atoms with Crippen molar-refractivity contribution in [3.05, 3.63) is 35.4 Å². The van der Waals surface area contributed by atoms with E-state index in [0.717, 1.165) is 5.56 Å². The number of hydrogen-bond donors (Lipinski definition) is 2. The van der Waals surface area contributed by atoms with Crippen LogP contribution in [0.5, 0.6) is 0 Å². The minimum Gasteiger partial charge on any atom is -0.352 e. The number of nitrogens with one attached hydrogen (secondary N) is 2. The molecule has 5 heteroatoms. The first kappa shape index (κ1) is 17.9. The predicted molar refractivity (Wildman–Crippen MR) is 85.4 cm³/mol. The maximum Gasteiger partial charge on any atom is 0.251 e. The van der Waals surface area contributed by atoms with E-state index in [1.807, 2.05) is 26.8 Å². The molecule has 5 nitrogen and oxygen atoms in total. The molecular formula is C17H24N2O3. The lowest BCUT2D eigenvalue weighted by atomic mass is 9.95. The molecule has 0 heterocycles. The molecule has 2 N–H and O–H groups in total. The van der Waals surface area contributed by atoms with Crippen LogP contribution in [-0.2, 0) is 16.1 Å². The van der Waals surface area contributed by atoms with Gasteiger partial charge in [0, 0.05) is 23.9 Å². The van der Waals surface area contributed by atoms with Crippen molar-refractivity contribution in [2.75, 3.05) is 6.54 Å². The fourth-order valence-electron chi connectivity index (χ4n) is 1.68. The Bertz CT molecular complexity index is 559. The lowest BCUT2D eigenvalue weighted by Crippen LogP contribution is -2.34. The zero-order valence-electron chi connectivity index (χ0n) is 13.7. The highest BCUT2D eigenvalue weighted by Crippen LogP contribution is 2.13. The fraction of sp³-hybridized carbons (Fsp3) is 0.471. The number of carbonyl (C=O) groups excluding carboxylic acids is 3. The van der Waals surface area contributed by atoms with Crippen molar-refractivity contribution in [3.8, 4) is 0 Å². The Balaban J connectivity index is 2.64. The van der Waals surface area contributed by atoms with Gasteiger partial charge in [0.25, 0.3) is 5.91 Å². The Morgan fingerprint density at radius 2 is 1.77 bits per heavy atom. The summed E-state index contributed by atoms with van der Waals surface area (Å²) in [6, 6.07) is 7.00. The number of rotatable bonds is 6. The normalized spacial score (nSPS) is 10.9.